The summed E-state index contributed by atoms with van der Waals surface area (Å²) in [6, 6.07) is 2.88. The molecule has 0 bridgehead atoms. The second kappa shape index (κ2) is 6.02. The van der Waals surface area contributed by atoms with Gasteiger partial charge in [0.25, 0.3) is 0 Å². The predicted octanol–water partition coefficient (Wildman–Crippen LogP) is 1.56. The molecule has 0 aromatic carbocycles. The molecule has 0 spiro atoms. The highest BCUT2D eigenvalue weighted by atomic mass is 16.6. The maximum Gasteiger partial charge on any atom is 0.311 e. The number of anilines is 1. The Hall–Kier alpha value is -1.69. The number of hydrogen-bond acceptors (Lipinski definition) is 5. The molecule has 1 aromatic heterocycles. The lowest BCUT2D eigenvalue weighted by Crippen LogP contribution is -2.20. The molecule has 0 aliphatic heterocycles. The Kier molecular flexibility index (Phi) is 4.65. The van der Waals surface area contributed by atoms with Crippen molar-refractivity contribution < 1.29 is 10.0 Å². The van der Waals surface area contributed by atoms with Crippen LogP contribution in [0.25, 0.3) is 0 Å². The fourth-order valence-electron chi connectivity index (χ4n) is 1.33. The van der Waals surface area contributed by atoms with E-state index in [9.17, 15) is 15.2 Å². The van der Waals surface area contributed by atoms with E-state index in [1.165, 1.54) is 18.3 Å². The van der Waals surface area contributed by atoms with Crippen molar-refractivity contribution in [3.05, 3.63) is 28.4 Å². The molecular weight excluding hydrogens is 210 g/mol. The highest BCUT2D eigenvalue weighted by molar-refractivity contribution is 5.55. The van der Waals surface area contributed by atoms with E-state index in [-0.39, 0.29) is 18.1 Å². The van der Waals surface area contributed by atoms with Crippen LogP contribution in [0.15, 0.2) is 18.3 Å². The molecule has 1 unspecified atom stereocenters. The first-order valence-corrected chi connectivity index (χ1v) is 5.16. The van der Waals surface area contributed by atoms with Gasteiger partial charge < -0.3 is 10.4 Å². The molecule has 6 nitrogen and oxygen atoms in total. The molecule has 16 heavy (non-hydrogen) atoms. The van der Waals surface area contributed by atoms with E-state index in [0.29, 0.717) is 6.42 Å². The summed E-state index contributed by atoms with van der Waals surface area (Å²) < 4.78 is 0. The van der Waals surface area contributed by atoms with E-state index in [4.69, 9.17) is 0 Å². The molecule has 1 rings (SSSR count). The van der Waals surface area contributed by atoms with Gasteiger partial charge in [0.05, 0.1) is 11.0 Å². The molecule has 0 aliphatic carbocycles. The van der Waals surface area contributed by atoms with E-state index < -0.39 is 11.0 Å². The van der Waals surface area contributed by atoms with Gasteiger partial charge in [-0.3, -0.25) is 10.1 Å². The number of aromatic nitrogens is 1. The van der Waals surface area contributed by atoms with Gasteiger partial charge in [-0.25, -0.2) is 4.98 Å². The number of rotatable bonds is 6. The third-order valence-electron chi connectivity index (χ3n) is 2.11. The van der Waals surface area contributed by atoms with Crippen LogP contribution in [-0.2, 0) is 0 Å². The Morgan fingerprint density at radius 1 is 1.69 bits per heavy atom. The standard InChI is InChI=1S/C10H15N3O3/c1-2-4-8(14)7-12-10-9(13(15)16)5-3-6-11-10/h3,5-6,8,14H,2,4,7H2,1H3,(H,11,12). The van der Waals surface area contributed by atoms with E-state index >= 15 is 0 Å². The zero-order chi connectivity index (χ0) is 12.0. The Morgan fingerprint density at radius 3 is 3.06 bits per heavy atom. The second-order valence-electron chi connectivity index (χ2n) is 3.45. The van der Waals surface area contributed by atoms with Crippen LogP contribution >= 0.6 is 0 Å². The van der Waals surface area contributed by atoms with Crippen molar-refractivity contribution in [2.75, 3.05) is 11.9 Å². The number of pyridine rings is 1. The molecule has 1 aromatic rings. The molecule has 0 radical (unpaired) electrons. The molecule has 88 valence electrons. The van der Waals surface area contributed by atoms with Gasteiger partial charge in [0, 0.05) is 18.8 Å². The van der Waals surface area contributed by atoms with Gasteiger partial charge in [-0.1, -0.05) is 13.3 Å². The molecule has 0 saturated carbocycles. The van der Waals surface area contributed by atoms with Gasteiger partial charge in [0.1, 0.15) is 0 Å². The zero-order valence-electron chi connectivity index (χ0n) is 9.09. The SMILES string of the molecule is CCCC(O)CNc1ncccc1[N+](=O)[O-]. The van der Waals surface area contributed by atoms with Crippen molar-refractivity contribution in [3.8, 4) is 0 Å². The normalized spacial score (nSPS) is 12.1. The molecule has 0 saturated heterocycles. The molecule has 0 amide bonds. The topological polar surface area (TPSA) is 88.3 Å². The highest BCUT2D eigenvalue weighted by Gasteiger charge is 2.14. The summed E-state index contributed by atoms with van der Waals surface area (Å²) in [5.41, 5.74) is -0.0776. The Bertz CT molecular complexity index is 357. The first-order valence-electron chi connectivity index (χ1n) is 5.16. The summed E-state index contributed by atoms with van der Waals surface area (Å²) in [4.78, 5) is 14.0. The van der Waals surface area contributed by atoms with Crippen molar-refractivity contribution in [1.82, 2.24) is 4.98 Å². The van der Waals surface area contributed by atoms with E-state index in [0.717, 1.165) is 6.42 Å². The molecule has 2 N–H and O–H groups in total. The quantitative estimate of drug-likeness (QED) is 0.566. The number of nitrogens with one attached hydrogen (secondary N) is 1. The molecule has 1 atom stereocenters. The molecular formula is C10H15N3O3. The zero-order valence-corrected chi connectivity index (χ0v) is 9.09. The minimum absolute atomic E-state index is 0.0776. The summed E-state index contributed by atoms with van der Waals surface area (Å²) >= 11 is 0. The van der Waals surface area contributed by atoms with Gasteiger partial charge in [-0.05, 0) is 12.5 Å². The van der Waals surface area contributed by atoms with Crippen LogP contribution < -0.4 is 5.32 Å². The minimum atomic E-state index is -0.508. The number of nitro groups is 1. The Balaban J connectivity index is 2.63. The van der Waals surface area contributed by atoms with Crippen LogP contribution in [0, 0.1) is 10.1 Å². The highest BCUT2D eigenvalue weighted by Crippen LogP contribution is 2.20. The predicted molar refractivity (Wildman–Crippen MR) is 60.3 cm³/mol. The van der Waals surface area contributed by atoms with Crippen LogP contribution in [0.3, 0.4) is 0 Å². The Morgan fingerprint density at radius 2 is 2.44 bits per heavy atom. The lowest BCUT2D eigenvalue weighted by Gasteiger charge is -2.10. The summed E-state index contributed by atoms with van der Waals surface area (Å²) in [6.07, 6.45) is 2.49. The molecule has 6 heteroatoms. The van der Waals surface area contributed by atoms with Crippen molar-refractivity contribution in [2.24, 2.45) is 0 Å². The van der Waals surface area contributed by atoms with Gasteiger partial charge >= 0.3 is 5.69 Å². The van der Waals surface area contributed by atoms with Crippen molar-refractivity contribution in [1.29, 1.82) is 0 Å². The second-order valence-corrected chi connectivity index (χ2v) is 3.45. The van der Waals surface area contributed by atoms with Crippen molar-refractivity contribution in [2.45, 2.75) is 25.9 Å². The first kappa shape index (κ1) is 12.4. The number of hydrogen-bond donors (Lipinski definition) is 2. The minimum Gasteiger partial charge on any atom is -0.391 e. The monoisotopic (exact) mass is 225 g/mol. The van der Waals surface area contributed by atoms with Crippen LogP contribution in [0.1, 0.15) is 19.8 Å². The number of aliphatic hydroxyl groups excluding tert-OH is 1. The average molecular weight is 225 g/mol. The smallest absolute Gasteiger partial charge is 0.311 e. The summed E-state index contributed by atoms with van der Waals surface area (Å²) in [7, 11) is 0. The van der Waals surface area contributed by atoms with Crippen LogP contribution in [0.5, 0.6) is 0 Å². The lowest BCUT2D eigenvalue weighted by atomic mass is 10.2. The fourth-order valence-corrected chi connectivity index (χ4v) is 1.33. The van der Waals surface area contributed by atoms with Gasteiger partial charge in [-0.2, -0.15) is 0 Å². The summed E-state index contributed by atoms with van der Waals surface area (Å²) in [6.45, 7) is 2.23. The van der Waals surface area contributed by atoms with Crippen LogP contribution in [0.2, 0.25) is 0 Å². The molecule has 0 aliphatic rings. The molecule has 1 heterocycles. The van der Waals surface area contributed by atoms with Gasteiger partial charge in [0.15, 0.2) is 0 Å². The first-order chi connectivity index (χ1) is 7.65. The maximum absolute atomic E-state index is 10.7. The van der Waals surface area contributed by atoms with Gasteiger partial charge in [-0.15, -0.1) is 0 Å². The van der Waals surface area contributed by atoms with E-state index in [2.05, 4.69) is 10.3 Å². The fraction of sp³-hybridized carbons (Fsp3) is 0.500. The summed E-state index contributed by atoms with van der Waals surface area (Å²) in [5.74, 6) is 0.197. The van der Waals surface area contributed by atoms with Gasteiger partial charge in [0.2, 0.25) is 5.82 Å². The average Bonchev–Trinajstić information content (AvgIpc) is 2.27. The third kappa shape index (κ3) is 3.47. The lowest BCUT2D eigenvalue weighted by molar-refractivity contribution is -0.384. The van der Waals surface area contributed by atoms with Crippen molar-refractivity contribution in [3.63, 3.8) is 0 Å². The van der Waals surface area contributed by atoms with Crippen LogP contribution in [0.4, 0.5) is 11.5 Å². The largest absolute Gasteiger partial charge is 0.391 e. The number of nitrogens with zero attached hydrogens (tertiary/aromatic N) is 2. The van der Waals surface area contributed by atoms with E-state index in [1.54, 1.807) is 0 Å². The third-order valence-corrected chi connectivity index (χ3v) is 2.11. The van der Waals surface area contributed by atoms with Crippen molar-refractivity contribution >= 4 is 11.5 Å². The maximum atomic E-state index is 10.7. The summed E-state index contributed by atoms with van der Waals surface area (Å²) in [5, 5.41) is 22.9. The Labute approximate surface area is 93.5 Å². The molecule has 0 fully saturated rings. The van der Waals surface area contributed by atoms with Crippen LogP contribution in [-0.4, -0.2) is 27.7 Å². The van der Waals surface area contributed by atoms with E-state index in [1.807, 2.05) is 6.92 Å². The number of aliphatic hydroxyl groups is 1.